The summed E-state index contributed by atoms with van der Waals surface area (Å²) in [5, 5.41) is 0. The van der Waals surface area contributed by atoms with E-state index in [0.717, 1.165) is 12.8 Å². The number of hydrogen-bond donors (Lipinski definition) is 0. The Labute approximate surface area is 67.2 Å². The van der Waals surface area contributed by atoms with E-state index in [4.69, 9.17) is 4.74 Å². The first-order chi connectivity index (χ1) is 5.08. The van der Waals surface area contributed by atoms with E-state index in [1.54, 1.807) is 0 Å². The van der Waals surface area contributed by atoms with Gasteiger partial charge in [-0.15, -0.1) is 0 Å². The van der Waals surface area contributed by atoms with Crippen LogP contribution in [0.25, 0.3) is 0 Å². The Balaban J connectivity index is 2.77. The molecule has 0 fully saturated rings. The Morgan fingerprint density at radius 1 is 1.73 bits per heavy atom. The first kappa shape index (κ1) is 8.31. The minimum atomic E-state index is -0.348. The molecule has 0 aliphatic heterocycles. The molecule has 0 N–H and O–H groups in total. The lowest BCUT2D eigenvalue weighted by atomic mass is 9.91. The fraction of sp³-hybridized carbons (Fsp3) is 0.667. The molecule has 0 unspecified atom stereocenters. The van der Waals surface area contributed by atoms with Crippen LogP contribution in [0.2, 0.25) is 0 Å². The zero-order chi connectivity index (χ0) is 8.48. The average Bonchev–Trinajstić information content (AvgIpc) is 2.31. The molecular weight excluding hydrogens is 140 g/mol. The van der Waals surface area contributed by atoms with Crippen LogP contribution >= 0.6 is 0 Å². The van der Waals surface area contributed by atoms with Gasteiger partial charge in [0.1, 0.15) is 0 Å². The van der Waals surface area contributed by atoms with Gasteiger partial charge in [0.15, 0.2) is 0 Å². The van der Waals surface area contributed by atoms with E-state index in [9.17, 15) is 4.79 Å². The van der Waals surface area contributed by atoms with Crippen LogP contribution in [-0.2, 0) is 9.53 Å². The third-order valence-corrected chi connectivity index (χ3v) is 2.26. The first-order valence-electron chi connectivity index (χ1n) is 3.85. The topological polar surface area (TPSA) is 26.3 Å². The van der Waals surface area contributed by atoms with E-state index in [-0.39, 0.29) is 11.4 Å². The van der Waals surface area contributed by atoms with Crippen molar-refractivity contribution in [3.05, 3.63) is 11.6 Å². The lowest BCUT2D eigenvalue weighted by Gasteiger charge is -2.17. The smallest absolute Gasteiger partial charge is 0.315 e. The Morgan fingerprint density at radius 3 is 2.73 bits per heavy atom. The molecular formula is C9H14O2. The second-order valence-corrected chi connectivity index (χ2v) is 3.40. The summed E-state index contributed by atoms with van der Waals surface area (Å²) in [7, 11) is 1.44. The predicted octanol–water partition coefficient (Wildman–Crippen LogP) is 1.91. The minimum Gasteiger partial charge on any atom is -0.468 e. The van der Waals surface area contributed by atoms with E-state index in [1.807, 2.05) is 19.9 Å². The molecule has 1 aliphatic carbocycles. The van der Waals surface area contributed by atoms with Crippen LogP contribution in [0.15, 0.2) is 11.6 Å². The summed E-state index contributed by atoms with van der Waals surface area (Å²) in [5.41, 5.74) is 0.941. The van der Waals surface area contributed by atoms with Gasteiger partial charge in [-0.3, -0.25) is 4.79 Å². The molecule has 0 saturated carbocycles. The monoisotopic (exact) mass is 154 g/mol. The van der Waals surface area contributed by atoms with Gasteiger partial charge in [-0.05, 0) is 26.7 Å². The van der Waals surface area contributed by atoms with E-state index in [0.29, 0.717) is 0 Å². The Morgan fingerprint density at radius 2 is 2.36 bits per heavy atom. The van der Waals surface area contributed by atoms with Crippen molar-refractivity contribution in [3.63, 3.8) is 0 Å². The highest BCUT2D eigenvalue weighted by Crippen LogP contribution is 2.36. The number of carbonyl (C=O) groups excluding carboxylic acids is 1. The molecule has 0 amide bonds. The van der Waals surface area contributed by atoms with Gasteiger partial charge < -0.3 is 4.74 Å². The summed E-state index contributed by atoms with van der Waals surface area (Å²) in [5.74, 6) is -0.116. The summed E-state index contributed by atoms with van der Waals surface area (Å²) >= 11 is 0. The summed E-state index contributed by atoms with van der Waals surface area (Å²) < 4.78 is 4.70. The first-order valence-corrected chi connectivity index (χ1v) is 3.85. The van der Waals surface area contributed by atoms with Crippen LogP contribution in [0.3, 0.4) is 0 Å². The molecule has 0 radical (unpaired) electrons. The second kappa shape index (κ2) is 2.68. The van der Waals surface area contributed by atoms with Crippen molar-refractivity contribution < 1.29 is 9.53 Å². The van der Waals surface area contributed by atoms with Crippen LogP contribution in [0, 0.1) is 5.41 Å². The number of esters is 1. The fourth-order valence-corrected chi connectivity index (χ4v) is 1.54. The maximum atomic E-state index is 11.2. The molecule has 1 aliphatic rings. The maximum absolute atomic E-state index is 11.2. The van der Waals surface area contributed by atoms with Gasteiger partial charge in [0.05, 0.1) is 12.5 Å². The molecule has 2 heteroatoms. The number of methoxy groups -OCH3 is 1. The Bertz CT molecular complexity index is 206. The zero-order valence-corrected chi connectivity index (χ0v) is 7.31. The molecule has 1 rings (SSSR count). The summed E-state index contributed by atoms with van der Waals surface area (Å²) in [6.07, 6.45) is 3.93. The molecule has 2 nitrogen and oxygen atoms in total. The van der Waals surface area contributed by atoms with Crippen molar-refractivity contribution in [2.75, 3.05) is 7.11 Å². The van der Waals surface area contributed by atoms with Crippen LogP contribution in [-0.4, -0.2) is 13.1 Å². The van der Waals surface area contributed by atoms with Gasteiger partial charge in [0.2, 0.25) is 0 Å². The molecule has 0 aromatic rings. The summed E-state index contributed by atoms with van der Waals surface area (Å²) in [6.45, 7) is 3.98. The van der Waals surface area contributed by atoms with E-state index < -0.39 is 0 Å². The third kappa shape index (κ3) is 1.44. The quantitative estimate of drug-likeness (QED) is 0.426. The number of carbonyl (C=O) groups is 1. The summed E-state index contributed by atoms with van der Waals surface area (Å²) in [4.78, 5) is 11.2. The highest BCUT2D eigenvalue weighted by atomic mass is 16.5. The largest absolute Gasteiger partial charge is 0.468 e. The normalized spacial score (nSPS) is 29.9. The van der Waals surface area contributed by atoms with Crippen molar-refractivity contribution in [1.82, 2.24) is 0 Å². The van der Waals surface area contributed by atoms with Crippen molar-refractivity contribution >= 4 is 5.97 Å². The van der Waals surface area contributed by atoms with Crippen molar-refractivity contribution in [2.24, 2.45) is 5.41 Å². The van der Waals surface area contributed by atoms with Crippen LogP contribution in [0.4, 0.5) is 0 Å². The fourth-order valence-electron chi connectivity index (χ4n) is 1.54. The average molecular weight is 154 g/mol. The van der Waals surface area contributed by atoms with E-state index >= 15 is 0 Å². The van der Waals surface area contributed by atoms with E-state index in [1.165, 1.54) is 12.7 Å². The molecule has 0 saturated heterocycles. The van der Waals surface area contributed by atoms with Crippen molar-refractivity contribution in [3.8, 4) is 0 Å². The Kier molecular flexibility index (Phi) is 2.03. The van der Waals surface area contributed by atoms with Crippen LogP contribution < -0.4 is 0 Å². The maximum Gasteiger partial charge on any atom is 0.315 e. The zero-order valence-electron chi connectivity index (χ0n) is 7.31. The molecule has 0 heterocycles. The molecule has 1 atom stereocenters. The number of rotatable bonds is 1. The van der Waals surface area contributed by atoms with Crippen molar-refractivity contribution in [1.29, 1.82) is 0 Å². The van der Waals surface area contributed by atoms with Gasteiger partial charge >= 0.3 is 5.97 Å². The molecule has 0 aromatic heterocycles. The highest BCUT2D eigenvalue weighted by molar-refractivity contribution is 5.79. The number of hydrogen-bond acceptors (Lipinski definition) is 2. The lowest BCUT2D eigenvalue weighted by molar-refractivity contribution is -0.148. The predicted molar refractivity (Wildman–Crippen MR) is 43.1 cm³/mol. The van der Waals surface area contributed by atoms with Crippen molar-refractivity contribution in [2.45, 2.75) is 26.7 Å². The van der Waals surface area contributed by atoms with Crippen LogP contribution in [0.5, 0.6) is 0 Å². The number of ether oxygens (including phenoxy) is 1. The minimum absolute atomic E-state index is 0.116. The van der Waals surface area contributed by atoms with Gasteiger partial charge in [-0.2, -0.15) is 0 Å². The number of allylic oxidation sites excluding steroid dienone is 1. The molecule has 0 bridgehead atoms. The molecule has 0 aromatic carbocycles. The second-order valence-electron chi connectivity index (χ2n) is 3.40. The van der Waals surface area contributed by atoms with E-state index in [2.05, 4.69) is 0 Å². The molecule has 62 valence electrons. The SMILES string of the molecule is COC(=O)[C@@]1(C)C=C(C)CC1. The van der Waals surface area contributed by atoms with Gasteiger partial charge in [-0.1, -0.05) is 11.6 Å². The molecule has 11 heavy (non-hydrogen) atoms. The highest BCUT2D eigenvalue weighted by Gasteiger charge is 2.35. The van der Waals surface area contributed by atoms with Gasteiger partial charge in [-0.25, -0.2) is 0 Å². The third-order valence-electron chi connectivity index (χ3n) is 2.26. The summed E-state index contributed by atoms with van der Waals surface area (Å²) in [6, 6.07) is 0. The van der Waals surface area contributed by atoms with Gasteiger partial charge in [0.25, 0.3) is 0 Å². The standard InChI is InChI=1S/C9H14O2/c1-7-4-5-9(2,6-7)8(10)11-3/h6H,4-5H2,1-3H3/t9-/m1/s1. The molecule has 0 spiro atoms. The Hall–Kier alpha value is -0.790. The lowest BCUT2D eigenvalue weighted by Crippen LogP contribution is -2.24. The van der Waals surface area contributed by atoms with Crippen LogP contribution in [0.1, 0.15) is 26.7 Å². The van der Waals surface area contributed by atoms with Gasteiger partial charge in [0, 0.05) is 0 Å².